The number of ketones is 2. The van der Waals surface area contributed by atoms with Gasteiger partial charge in [-0.15, -0.1) is 0 Å². The molecule has 0 bridgehead atoms. The van der Waals surface area contributed by atoms with Gasteiger partial charge in [0.05, 0.1) is 18.8 Å². The molecule has 1 amide bonds. The summed E-state index contributed by atoms with van der Waals surface area (Å²) in [6.45, 7) is 2.64. The Morgan fingerprint density at radius 3 is 2.28 bits per heavy atom. The van der Waals surface area contributed by atoms with Crippen molar-refractivity contribution in [3.05, 3.63) is 0 Å². The van der Waals surface area contributed by atoms with Crippen molar-refractivity contribution in [1.82, 2.24) is 10.6 Å². The van der Waals surface area contributed by atoms with Crippen LogP contribution in [0.25, 0.3) is 0 Å². The lowest BCUT2D eigenvalue weighted by molar-refractivity contribution is -0.139. The third kappa shape index (κ3) is 5.58. The summed E-state index contributed by atoms with van der Waals surface area (Å²) in [6.07, 6.45) is -1.08. The molecular weight excluding hydrogens is 258 g/mol. The highest BCUT2D eigenvalue weighted by molar-refractivity contribution is 7.80. The summed E-state index contributed by atoms with van der Waals surface area (Å²) in [5.41, 5.74) is 5.41. The average Bonchev–Trinajstić information content (AvgIpc) is 2.31. The summed E-state index contributed by atoms with van der Waals surface area (Å²) in [7, 11) is 0. The van der Waals surface area contributed by atoms with E-state index in [0.29, 0.717) is 0 Å². The fourth-order valence-electron chi connectivity index (χ4n) is 1.19. The van der Waals surface area contributed by atoms with E-state index >= 15 is 0 Å². The van der Waals surface area contributed by atoms with E-state index in [1.807, 2.05) is 0 Å². The first kappa shape index (κ1) is 17.0. The summed E-state index contributed by atoms with van der Waals surface area (Å²) >= 11 is 3.83. The van der Waals surface area contributed by atoms with Crippen LogP contribution in [-0.2, 0) is 14.4 Å². The Morgan fingerprint density at radius 2 is 1.89 bits per heavy atom. The van der Waals surface area contributed by atoms with E-state index in [9.17, 15) is 19.5 Å². The maximum atomic E-state index is 11.8. The van der Waals surface area contributed by atoms with Gasteiger partial charge in [-0.25, -0.2) is 0 Å². The van der Waals surface area contributed by atoms with Gasteiger partial charge in [-0.3, -0.25) is 19.7 Å². The van der Waals surface area contributed by atoms with Crippen molar-refractivity contribution >= 4 is 30.1 Å². The number of thiol groups is 1. The Balaban J connectivity index is 4.54. The van der Waals surface area contributed by atoms with Gasteiger partial charge in [-0.1, -0.05) is 0 Å². The Bertz CT molecular complexity index is 322. The smallest absolute Gasteiger partial charge is 0.219 e. The minimum Gasteiger partial charge on any atom is -0.391 e. The number of Topliss-reactive ketones (excluding diaryl/α,β-unsaturated/α-hetero) is 2. The van der Waals surface area contributed by atoms with Gasteiger partial charge < -0.3 is 16.2 Å². The minimum atomic E-state index is -1.10. The summed E-state index contributed by atoms with van der Waals surface area (Å²) in [5, 5.41) is 14.4. The van der Waals surface area contributed by atoms with Crippen LogP contribution in [0.15, 0.2) is 0 Å². The molecule has 0 aromatic heterocycles. The van der Waals surface area contributed by atoms with Crippen LogP contribution < -0.4 is 16.4 Å². The summed E-state index contributed by atoms with van der Waals surface area (Å²) in [5.74, 6) is -1.87. The zero-order chi connectivity index (χ0) is 14.3. The maximum Gasteiger partial charge on any atom is 0.219 e. The van der Waals surface area contributed by atoms with Gasteiger partial charge in [0.2, 0.25) is 17.5 Å². The number of aliphatic hydroxyl groups excluding tert-OH is 1. The number of carbonyl (C=O) groups excluding carboxylic acids is 3. The van der Waals surface area contributed by atoms with Crippen LogP contribution in [0, 0.1) is 0 Å². The molecular formula is C10H19N3O4S. The van der Waals surface area contributed by atoms with Crippen LogP contribution >= 0.6 is 12.6 Å². The van der Waals surface area contributed by atoms with E-state index in [1.165, 1.54) is 13.8 Å². The Hall–Kier alpha value is -0.960. The number of nitrogens with two attached hydrogens (primary N) is 1. The molecule has 0 rings (SSSR count). The third-order valence-corrected chi connectivity index (χ3v) is 2.59. The molecule has 0 aliphatic heterocycles. The second-order valence-electron chi connectivity index (χ2n) is 3.85. The van der Waals surface area contributed by atoms with Crippen LogP contribution in [0.2, 0.25) is 0 Å². The second-order valence-corrected chi connectivity index (χ2v) is 4.21. The lowest BCUT2D eigenvalue weighted by Crippen LogP contribution is -2.54. The first-order valence-corrected chi connectivity index (χ1v) is 6.04. The van der Waals surface area contributed by atoms with E-state index in [1.54, 1.807) is 0 Å². The molecule has 0 radical (unpaired) electrons. The van der Waals surface area contributed by atoms with Gasteiger partial charge in [0.25, 0.3) is 0 Å². The van der Waals surface area contributed by atoms with Crippen molar-refractivity contribution in [2.75, 3.05) is 12.4 Å². The lowest BCUT2D eigenvalue weighted by Gasteiger charge is -2.20. The van der Waals surface area contributed by atoms with Crippen molar-refractivity contribution in [1.29, 1.82) is 0 Å². The molecule has 0 fully saturated rings. The number of nitrogens with one attached hydrogen (secondary N) is 2. The Kier molecular flexibility index (Phi) is 7.76. The second kappa shape index (κ2) is 8.20. The Morgan fingerprint density at radius 1 is 1.33 bits per heavy atom. The molecule has 0 saturated heterocycles. The lowest BCUT2D eigenvalue weighted by atomic mass is 10.0. The molecule has 0 aliphatic rings. The standard InChI is InChI=1S/C10H19N3O4S/c1-5(14)8(13-4-12-6(2)15)10(17)9(16)7(11)3-18/h5,7-8,13-14,18H,3-4,11H2,1-2H3,(H,12,15)/t5-,7+,8+/m1/s1. The number of hydrogen-bond acceptors (Lipinski definition) is 7. The molecule has 0 unspecified atom stereocenters. The maximum absolute atomic E-state index is 11.8. The number of aliphatic hydroxyl groups is 1. The molecule has 0 saturated carbocycles. The molecule has 0 spiro atoms. The van der Waals surface area contributed by atoms with Crippen LogP contribution in [-0.4, -0.2) is 53.2 Å². The van der Waals surface area contributed by atoms with Crippen LogP contribution in [0.3, 0.4) is 0 Å². The first-order chi connectivity index (χ1) is 8.31. The summed E-state index contributed by atoms with van der Waals surface area (Å²) < 4.78 is 0. The highest BCUT2D eigenvalue weighted by atomic mass is 32.1. The average molecular weight is 277 g/mol. The summed E-state index contributed by atoms with van der Waals surface area (Å²) in [6, 6.07) is -2.10. The molecule has 104 valence electrons. The van der Waals surface area contributed by atoms with Crippen molar-refractivity contribution in [3.8, 4) is 0 Å². The molecule has 5 N–H and O–H groups in total. The number of amides is 1. The van der Waals surface area contributed by atoms with Crippen LogP contribution in [0.1, 0.15) is 13.8 Å². The van der Waals surface area contributed by atoms with E-state index in [4.69, 9.17) is 5.73 Å². The zero-order valence-corrected chi connectivity index (χ0v) is 11.2. The number of rotatable bonds is 8. The number of hydrogen-bond donors (Lipinski definition) is 5. The molecule has 0 aromatic rings. The normalized spacial score (nSPS) is 15.6. The highest BCUT2D eigenvalue weighted by Crippen LogP contribution is 1.99. The fourth-order valence-corrected chi connectivity index (χ4v) is 1.35. The van der Waals surface area contributed by atoms with Gasteiger partial charge in [-0.2, -0.15) is 12.6 Å². The topological polar surface area (TPSA) is 122 Å². The molecule has 7 nitrogen and oxygen atoms in total. The van der Waals surface area contributed by atoms with Crippen molar-refractivity contribution in [3.63, 3.8) is 0 Å². The highest BCUT2D eigenvalue weighted by Gasteiger charge is 2.31. The van der Waals surface area contributed by atoms with Crippen molar-refractivity contribution < 1.29 is 19.5 Å². The van der Waals surface area contributed by atoms with Gasteiger partial charge in [0, 0.05) is 12.7 Å². The van der Waals surface area contributed by atoms with Crippen LogP contribution in [0.4, 0.5) is 0 Å². The monoisotopic (exact) mass is 277 g/mol. The van der Waals surface area contributed by atoms with Gasteiger partial charge in [-0.05, 0) is 6.92 Å². The van der Waals surface area contributed by atoms with Crippen LogP contribution in [0.5, 0.6) is 0 Å². The van der Waals surface area contributed by atoms with Gasteiger partial charge >= 0.3 is 0 Å². The van der Waals surface area contributed by atoms with Crippen molar-refractivity contribution in [2.24, 2.45) is 5.73 Å². The fraction of sp³-hybridized carbons (Fsp3) is 0.700. The molecule has 18 heavy (non-hydrogen) atoms. The first-order valence-electron chi connectivity index (χ1n) is 5.41. The minimum absolute atomic E-state index is 0.0277. The predicted octanol–water partition coefficient (Wildman–Crippen LogP) is -2.19. The Labute approximate surface area is 111 Å². The van der Waals surface area contributed by atoms with E-state index in [2.05, 4.69) is 23.3 Å². The zero-order valence-electron chi connectivity index (χ0n) is 10.3. The molecule has 0 heterocycles. The SMILES string of the molecule is CC(=O)NCN[C@H](C(=O)C(=O)[C@@H](N)CS)[C@@H](C)O. The predicted molar refractivity (Wildman–Crippen MR) is 69.1 cm³/mol. The molecule has 8 heteroatoms. The molecule has 0 aromatic carbocycles. The van der Waals surface area contributed by atoms with Gasteiger partial charge in [0.15, 0.2) is 0 Å². The third-order valence-electron chi connectivity index (χ3n) is 2.20. The van der Waals surface area contributed by atoms with Crippen molar-refractivity contribution in [2.45, 2.75) is 32.0 Å². The number of carbonyl (C=O) groups is 3. The van der Waals surface area contributed by atoms with Gasteiger partial charge in [0.1, 0.15) is 6.04 Å². The van der Waals surface area contributed by atoms with E-state index in [0.717, 1.165) is 0 Å². The quantitative estimate of drug-likeness (QED) is 0.195. The molecule has 3 atom stereocenters. The molecule has 0 aliphatic carbocycles. The largest absolute Gasteiger partial charge is 0.391 e. The van der Waals surface area contributed by atoms with E-state index < -0.39 is 29.8 Å². The van der Waals surface area contributed by atoms with E-state index in [-0.39, 0.29) is 18.3 Å². The summed E-state index contributed by atoms with van der Waals surface area (Å²) in [4.78, 5) is 34.0.